The fourth-order valence-electron chi connectivity index (χ4n) is 8.81. The number of rotatable bonds is 3. The number of cyclic esters (lactones) is 1. The van der Waals surface area contributed by atoms with Crippen molar-refractivity contribution in [2.75, 3.05) is 6.61 Å². The van der Waals surface area contributed by atoms with Crippen molar-refractivity contribution in [2.24, 2.45) is 34.5 Å². The van der Waals surface area contributed by atoms with Gasteiger partial charge in [0, 0.05) is 13.0 Å². The summed E-state index contributed by atoms with van der Waals surface area (Å²) in [6, 6.07) is 0. The first kappa shape index (κ1) is 21.5. The Balaban J connectivity index is 1.35. The van der Waals surface area contributed by atoms with Crippen molar-refractivity contribution in [3.8, 4) is 0 Å². The van der Waals surface area contributed by atoms with Crippen LogP contribution in [0.5, 0.6) is 0 Å². The Kier molecular flexibility index (Phi) is 5.08. The van der Waals surface area contributed by atoms with Gasteiger partial charge in [0.25, 0.3) is 0 Å². The molecule has 5 nitrogen and oxygen atoms in total. The third-order valence-corrected chi connectivity index (χ3v) is 10.6. The molecule has 5 rings (SSSR count). The zero-order chi connectivity index (χ0) is 22.0. The van der Waals surface area contributed by atoms with Gasteiger partial charge in [-0.1, -0.05) is 13.8 Å². The SMILES string of the molecule is CC(=O)O[C@H]1CC[C@@]2(C)[C@H](CC[C@@H]3[C@@H]2CC[C@]2(C)[C@@H](CC4=CC(=O)OC4)CC[C@]32O)C1. The molecule has 0 aromatic heterocycles. The van der Waals surface area contributed by atoms with Crippen LogP contribution in [0, 0.1) is 34.5 Å². The molecule has 1 heterocycles. The van der Waals surface area contributed by atoms with E-state index in [-0.39, 0.29) is 28.9 Å². The van der Waals surface area contributed by atoms with Crippen molar-refractivity contribution < 1.29 is 24.2 Å². The largest absolute Gasteiger partial charge is 0.463 e. The van der Waals surface area contributed by atoms with Crippen LogP contribution in [-0.4, -0.2) is 35.4 Å². The molecule has 5 heteroatoms. The van der Waals surface area contributed by atoms with Gasteiger partial charge in [-0.05, 0) is 104 Å². The average molecular weight is 431 g/mol. The number of carbonyl (C=O) groups is 2. The topological polar surface area (TPSA) is 72.8 Å². The third-order valence-electron chi connectivity index (χ3n) is 10.6. The second-order valence-electron chi connectivity index (χ2n) is 11.7. The molecule has 0 amide bonds. The van der Waals surface area contributed by atoms with Crippen molar-refractivity contribution in [1.29, 1.82) is 0 Å². The summed E-state index contributed by atoms with van der Waals surface area (Å²) >= 11 is 0. The van der Waals surface area contributed by atoms with Crippen LogP contribution < -0.4 is 0 Å². The fourth-order valence-corrected chi connectivity index (χ4v) is 8.81. The van der Waals surface area contributed by atoms with Gasteiger partial charge in [0.15, 0.2) is 0 Å². The van der Waals surface area contributed by atoms with Gasteiger partial charge in [0.05, 0.1) is 5.60 Å². The van der Waals surface area contributed by atoms with E-state index in [4.69, 9.17) is 9.47 Å². The minimum absolute atomic E-state index is 0.0737. The number of esters is 2. The van der Waals surface area contributed by atoms with Gasteiger partial charge < -0.3 is 14.6 Å². The van der Waals surface area contributed by atoms with E-state index >= 15 is 0 Å². The molecule has 4 saturated carbocycles. The number of fused-ring (bicyclic) bond motifs is 5. The molecule has 4 fully saturated rings. The quantitative estimate of drug-likeness (QED) is 0.664. The van der Waals surface area contributed by atoms with Gasteiger partial charge in [-0.15, -0.1) is 0 Å². The highest BCUT2D eigenvalue weighted by molar-refractivity contribution is 5.85. The molecule has 172 valence electrons. The van der Waals surface area contributed by atoms with Gasteiger partial charge in [-0.25, -0.2) is 4.79 Å². The predicted molar refractivity (Wildman–Crippen MR) is 116 cm³/mol. The number of hydrogen-bond donors (Lipinski definition) is 1. The Morgan fingerprint density at radius 2 is 1.94 bits per heavy atom. The highest BCUT2D eigenvalue weighted by Gasteiger charge is 2.67. The van der Waals surface area contributed by atoms with E-state index in [0.717, 1.165) is 63.4 Å². The van der Waals surface area contributed by atoms with Crippen molar-refractivity contribution in [2.45, 2.75) is 96.7 Å². The lowest BCUT2D eigenvalue weighted by molar-refractivity contribution is -0.211. The Labute approximate surface area is 185 Å². The Bertz CT molecular complexity index is 804. The molecule has 0 saturated heterocycles. The number of ether oxygens (including phenoxy) is 2. The van der Waals surface area contributed by atoms with Crippen LogP contribution in [0.2, 0.25) is 0 Å². The second kappa shape index (κ2) is 7.33. The normalized spacial score (nSPS) is 48.8. The van der Waals surface area contributed by atoms with E-state index in [1.54, 1.807) is 6.08 Å². The summed E-state index contributed by atoms with van der Waals surface area (Å²) in [5.41, 5.74) is 0.648. The van der Waals surface area contributed by atoms with Gasteiger partial charge >= 0.3 is 11.9 Å². The number of aliphatic hydroxyl groups is 1. The smallest absolute Gasteiger partial charge is 0.331 e. The maximum absolute atomic E-state index is 12.3. The molecular formula is C26H38O5. The van der Waals surface area contributed by atoms with E-state index < -0.39 is 5.60 Å². The summed E-state index contributed by atoms with van der Waals surface area (Å²) in [5.74, 6) is 1.54. The van der Waals surface area contributed by atoms with Crippen molar-refractivity contribution in [3.63, 3.8) is 0 Å². The minimum atomic E-state index is -0.606. The van der Waals surface area contributed by atoms with Crippen LogP contribution >= 0.6 is 0 Å². The van der Waals surface area contributed by atoms with Crippen LogP contribution in [0.15, 0.2) is 11.6 Å². The number of hydrogen-bond acceptors (Lipinski definition) is 5. The third kappa shape index (κ3) is 3.20. The van der Waals surface area contributed by atoms with Crippen molar-refractivity contribution in [3.05, 3.63) is 11.6 Å². The Morgan fingerprint density at radius 1 is 1.13 bits per heavy atom. The Morgan fingerprint density at radius 3 is 2.65 bits per heavy atom. The zero-order valence-corrected chi connectivity index (χ0v) is 19.3. The minimum Gasteiger partial charge on any atom is -0.463 e. The maximum Gasteiger partial charge on any atom is 0.331 e. The molecular weight excluding hydrogens is 392 g/mol. The fraction of sp³-hybridized carbons (Fsp3) is 0.846. The monoisotopic (exact) mass is 430 g/mol. The van der Waals surface area contributed by atoms with E-state index in [9.17, 15) is 14.7 Å². The zero-order valence-electron chi connectivity index (χ0n) is 19.3. The summed E-state index contributed by atoms with van der Waals surface area (Å²) in [4.78, 5) is 23.0. The van der Waals surface area contributed by atoms with Crippen LogP contribution in [0.25, 0.3) is 0 Å². The van der Waals surface area contributed by atoms with Crippen LogP contribution in [0.4, 0.5) is 0 Å². The van der Waals surface area contributed by atoms with Crippen molar-refractivity contribution >= 4 is 11.9 Å². The lowest BCUT2D eigenvalue weighted by atomic mass is 9.43. The molecule has 1 aliphatic heterocycles. The summed E-state index contributed by atoms with van der Waals surface area (Å²) in [7, 11) is 0. The summed E-state index contributed by atoms with van der Waals surface area (Å²) in [6.45, 7) is 6.73. The molecule has 0 aromatic rings. The van der Waals surface area contributed by atoms with Gasteiger partial charge in [-0.2, -0.15) is 0 Å². The van der Waals surface area contributed by atoms with E-state index in [1.807, 2.05) is 0 Å². The van der Waals surface area contributed by atoms with E-state index in [1.165, 1.54) is 13.3 Å². The van der Waals surface area contributed by atoms with Crippen molar-refractivity contribution in [1.82, 2.24) is 0 Å². The predicted octanol–water partition coefficient (Wildman–Crippen LogP) is 4.57. The van der Waals surface area contributed by atoms with Crippen LogP contribution in [-0.2, 0) is 19.1 Å². The molecule has 4 aliphatic carbocycles. The molecule has 0 radical (unpaired) electrons. The van der Waals surface area contributed by atoms with Gasteiger partial charge in [0.2, 0.25) is 0 Å². The van der Waals surface area contributed by atoms with Crippen LogP contribution in [0.1, 0.15) is 85.0 Å². The van der Waals surface area contributed by atoms with E-state index in [0.29, 0.717) is 30.3 Å². The lowest BCUT2D eigenvalue weighted by Gasteiger charge is -2.63. The summed E-state index contributed by atoms with van der Waals surface area (Å²) < 4.78 is 10.7. The maximum atomic E-state index is 12.3. The second-order valence-corrected chi connectivity index (χ2v) is 11.7. The average Bonchev–Trinajstić information content (AvgIpc) is 3.23. The Hall–Kier alpha value is -1.36. The molecule has 0 bridgehead atoms. The van der Waals surface area contributed by atoms with Gasteiger partial charge in [-0.3, -0.25) is 4.79 Å². The highest BCUT2D eigenvalue weighted by atomic mass is 16.5. The lowest BCUT2D eigenvalue weighted by Crippen LogP contribution is -2.62. The molecule has 31 heavy (non-hydrogen) atoms. The molecule has 0 spiro atoms. The van der Waals surface area contributed by atoms with Gasteiger partial charge in [0.1, 0.15) is 12.7 Å². The highest BCUT2D eigenvalue weighted by Crippen LogP contribution is 2.69. The first-order chi connectivity index (χ1) is 14.7. The molecule has 0 unspecified atom stereocenters. The first-order valence-corrected chi connectivity index (χ1v) is 12.4. The molecule has 8 atom stereocenters. The van der Waals surface area contributed by atoms with E-state index in [2.05, 4.69) is 13.8 Å². The molecule has 0 aromatic carbocycles. The van der Waals surface area contributed by atoms with Crippen LogP contribution in [0.3, 0.4) is 0 Å². The summed E-state index contributed by atoms with van der Waals surface area (Å²) in [5, 5.41) is 12.3. The summed E-state index contributed by atoms with van der Waals surface area (Å²) in [6.07, 6.45) is 12.0. The molecule has 1 N–H and O–H groups in total. The molecule has 5 aliphatic rings. The first-order valence-electron chi connectivity index (χ1n) is 12.4. The number of carbonyl (C=O) groups excluding carboxylic acids is 2. The standard InChI is InChI=1S/C26H38O5/c1-16(27)31-20-7-9-24(2)18(14-20)4-5-22-21(24)8-10-25(3)19(6-11-26(22,25)29)12-17-13-23(28)30-15-17/h13,18-22,29H,4-12,14-15H2,1-3H3/t18-,19-,20+,21+,22-,24+,25-,26+/m1/s1.